The Morgan fingerprint density at radius 1 is 1.38 bits per heavy atom. The first-order valence-corrected chi connectivity index (χ1v) is 4.99. The third-order valence-corrected chi connectivity index (χ3v) is 2.26. The molecule has 0 saturated carbocycles. The third-order valence-electron chi connectivity index (χ3n) is 1.91. The molecule has 0 amide bonds. The number of hydrogen-bond acceptors (Lipinski definition) is 2. The minimum absolute atomic E-state index is 0.114. The second-order valence-corrected chi connectivity index (χ2v) is 4.63. The van der Waals surface area contributed by atoms with Crippen LogP contribution in [0, 0.1) is 5.41 Å². The number of halogens is 1. The molecule has 0 N–H and O–H groups in total. The Morgan fingerprint density at radius 2 is 1.92 bits per heavy atom. The summed E-state index contributed by atoms with van der Waals surface area (Å²) in [6, 6.07) is 0. The minimum atomic E-state index is -0.286. The van der Waals surface area contributed by atoms with E-state index in [2.05, 4.69) is 13.8 Å². The van der Waals surface area contributed by atoms with Crippen LogP contribution in [0.5, 0.6) is 0 Å². The normalized spacial score (nSPS) is 26.5. The van der Waals surface area contributed by atoms with Crippen molar-refractivity contribution < 1.29 is 9.47 Å². The van der Waals surface area contributed by atoms with Gasteiger partial charge in [0, 0.05) is 5.41 Å². The van der Waals surface area contributed by atoms with E-state index in [0.717, 1.165) is 0 Å². The molecule has 0 bridgehead atoms. The van der Waals surface area contributed by atoms with E-state index in [1.807, 2.05) is 19.1 Å². The second-order valence-electron chi connectivity index (χ2n) is 4.12. The van der Waals surface area contributed by atoms with Gasteiger partial charge in [0.25, 0.3) is 0 Å². The van der Waals surface area contributed by atoms with E-state index in [9.17, 15) is 0 Å². The molecule has 13 heavy (non-hydrogen) atoms. The van der Waals surface area contributed by atoms with Gasteiger partial charge in [0.1, 0.15) is 5.38 Å². The van der Waals surface area contributed by atoms with Crippen LogP contribution in [0.4, 0.5) is 0 Å². The van der Waals surface area contributed by atoms with E-state index < -0.39 is 0 Å². The van der Waals surface area contributed by atoms with Gasteiger partial charge in [-0.1, -0.05) is 26.0 Å². The van der Waals surface area contributed by atoms with Crippen LogP contribution in [0.25, 0.3) is 0 Å². The monoisotopic (exact) mass is 204 g/mol. The summed E-state index contributed by atoms with van der Waals surface area (Å²) in [6.07, 6.45) is 3.50. The first-order valence-electron chi connectivity index (χ1n) is 4.55. The minimum Gasteiger partial charge on any atom is -0.350 e. The fourth-order valence-electron chi connectivity index (χ4n) is 1.16. The highest BCUT2D eigenvalue weighted by molar-refractivity contribution is 6.22. The topological polar surface area (TPSA) is 18.5 Å². The highest BCUT2D eigenvalue weighted by atomic mass is 35.5. The van der Waals surface area contributed by atoms with E-state index in [1.165, 1.54) is 0 Å². The van der Waals surface area contributed by atoms with Crippen molar-refractivity contribution in [1.82, 2.24) is 0 Å². The maximum atomic E-state index is 6.02. The Labute approximate surface area is 84.9 Å². The average Bonchev–Trinajstić information content (AvgIpc) is 2.04. The van der Waals surface area contributed by atoms with Gasteiger partial charge < -0.3 is 9.47 Å². The van der Waals surface area contributed by atoms with Crippen molar-refractivity contribution >= 4 is 11.6 Å². The summed E-state index contributed by atoms with van der Waals surface area (Å²) in [7, 11) is 0. The van der Waals surface area contributed by atoms with Crippen molar-refractivity contribution in [3.63, 3.8) is 0 Å². The number of ether oxygens (including phenoxy) is 2. The molecule has 0 aromatic heterocycles. The first-order chi connectivity index (χ1) is 6.05. The first kappa shape index (κ1) is 11.0. The van der Waals surface area contributed by atoms with Gasteiger partial charge >= 0.3 is 0 Å². The lowest BCUT2D eigenvalue weighted by atomic mass is 9.95. The van der Waals surface area contributed by atoms with Crippen LogP contribution < -0.4 is 0 Å². The Kier molecular flexibility index (Phi) is 3.77. The zero-order chi connectivity index (χ0) is 9.90. The molecule has 0 spiro atoms. The molecule has 1 saturated heterocycles. The van der Waals surface area contributed by atoms with Gasteiger partial charge in [0.15, 0.2) is 6.29 Å². The molecule has 1 unspecified atom stereocenters. The molecule has 3 heteroatoms. The zero-order valence-electron chi connectivity index (χ0n) is 8.42. The Hall–Kier alpha value is -0.0500. The summed E-state index contributed by atoms with van der Waals surface area (Å²) >= 11 is 6.02. The predicted molar refractivity (Wildman–Crippen MR) is 53.9 cm³/mol. The summed E-state index contributed by atoms with van der Waals surface area (Å²) in [5, 5.41) is -0.180. The molecule has 76 valence electrons. The van der Waals surface area contributed by atoms with Crippen LogP contribution in [-0.4, -0.2) is 24.9 Å². The highest BCUT2D eigenvalue weighted by Gasteiger charge is 2.31. The van der Waals surface area contributed by atoms with Crippen LogP contribution in [0.1, 0.15) is 20.8 Å². The quantitative estimate of drug-likeness (QED) is 0.509. The predicted octanol–water partition coefficient (Wildman–Crippen LogP) is 2.57. The van der Waals surface area contributed by atoms with E-state index in [-0.39, 0.29) is 17.1 Å². The Balaban J connectivity index is 2.40. The molecule has 1 heterocycles. The van der Waals surface area contributed by atoms with Gasteiger partial charge in [0.05, 0.1) is 13.2 Å². The molecule has 0 aromatic carbocycles. The van der Waals surface area contributed by atoms with E-state index in [0.29, 0.717) is 13.2 Å². The maximum absolute atomic E-state index is 6.02. The van der Waals surface area contributed by atoms with Crippen LogP contribution in [-0.2, 0) is 9.47 Å². The highest BCUT2D eigenvalue weighted by Crippen LogP contribution is 2.25. The second kappa shape index (κ2) is 4.45. The lowest BCUT2D eigenvalue weighted by Gasteiger charge is -2.35. The summed E-state index contributed by atoms with van der Waals surface area (Å²) in [5.74, 6) is 0. The number of hydrogen-bond donors (Lipinski definition) is 0. The lowest BCUT2D eigenvalue weighted by Crippen LogP contribution is -2.41. The molecule has 1 atom stereocenters. The van der Waals surface area contributed by atoms with E-state index in [4.69, 9.17) is 21.1 Å². The van der Waals surface area contributed by atoms with Crippen molar-refractivity contribution in [2.75, 3.05) is 13.2 Å². The average molecular weight is 205 g/mol. The fraction of sp³-hybridized carbons (Fsp3) is 0.800. The van der Waals surface area contributed by atoms with Gasteiger partial charge in [-0.05, 0) is 6.92 Å². The van der Waals surface area contributed by atoms with Crippen LogP contribution in [0.15, 0.2) is 12.2 Å². The molecule has 2 nitrogen and oxygen atoms in total. The fourth-order valence-corrected chi connectivity index (χ4v) is 1.45. The summed E-state index contributed by atoms with van der Waals surface area (Å²) < 4.78 is 11.0. The van der Waals surface area contributed by atoms with Crippen LogP contribution >= 0.6 is 11.6 Å². The van der Waals surface area contributed by atoms with Crippen molar-refractivity contribution in [3.8, 4) is 0 Å². The third kappa shape index (κ3) is 3.29. The summed E-state index contributed by atoms with van der Waals surface area (Å²) in [5.41, 5.74) is 0.114. The number of rotatable bonds is 2. The van der Waals surface area contributed by atoms with Crippen molar-refractivity contribution in [1.29, 1.82) is 0 Å². The molecule has 1 fully saturated rings. The van der Waals surface area contributed by atoms with Crippen molar-refractivity contribution in [3.05, 3.63) is 12.2 Å². The smallest absolute Gasteiger partial charge is 0.177 e. The summed E-state index contributed by atoms with van der Waals surface area (Å²) in [4.78, 5) is 0. The van der Waals surface area contributed by atoms with Crippen LogP contribution in [0.3, 0.4) is 0 Å². The molecule has 0 radical (unpaired) electrons. The molecule has 0 aliphatic carbocycles. The summed E-state index contributed by atoms with van der Waals surface area (Å²) in [6.45, 7) is 7.57. The SMILES string of the molecule is CC=CC(Cl)C1OCC(C)(C)CO1. The number of allylic oxidation sites excluding steroid dienone is 1. The van der Waals surface area contributed by atoms with Crippen molar-refractivity contribution in [2.24, 2.45) is 5.41 Å². The van der Waals surface area contributed by atoms with Crippen LogP contribution in [0.2, 0.25) is 0 Å². The molecule has 0 aromatic rings. The molecule has 1 aliphatic rings. The Bertz CT molecular complexity index is 179. The largest absolute Gasteiger partial charge is 0.350 e. The van der Waals surface area contributed by atoms with Gasteiger partial charge in [-0.25, -0.2) is 0 Å². The van der Waals surface area contributed by atoms with Gasteiger partial charge in [-0.15, -0.1) is 11.6 Å². The molecular formula is C10H17ClO2. The van der Waals surface area contributed by atoms with E-state index in [1.54, 1.807) is 0 Å². The Morgan fingerprint density at radius 3 is 2.38 bits per heavy atom. The zero-order valence-corrected chi connectivity index (χ0v) is 9.17. The van der Waals surface area contributed by atoms with E-state index >= 15 is 0 Å². The maximum Gasteiger partial charge on any atom is 0.177 e. The lowest BCUT2D eigenvalue weighted by molar-refractivity contribution is -0.217. The molecule has 1 aliphatic heterocycles. The van der Waals surface area contributed by atoms with Gasteiger partial charge in [0.2, 0.25) is 0 Å². The number of alkyl halides is 1. The standard InChI is InChI=1S/C10H17ClO2/c1-4-5-8(11)9-12-6-10(2,3)7-13-9/h4-5,8-9H,6-7H2,1-3H3. The molecular weight excluding hydrogens is 188 g/mol. The van der Waals surface area contributed by atoms with Gasteiger partial charge in [-0.2, -0.15) is 0 Å². The van der Waals surface area contributed by atoms with Gasteiger partial charge in [-0.3, -0.25) is 0 Å². The molecule has 1 rings (SSSR count). The van der Waals surface area contributed by atoms with Crippen molar-refractivity contribution in [2.45, 2.75) is 32.4 Å².